The van der Waals surface area contributed by atoms with Crippen LogP contribution in [0.1, 0.15) is 51.9 Å². The second kappa shape index (κ2) is 4.75. The van der Waals surface area contributed by atoms with Gasteiger partial charge in [-0.3, -0.25) is 4.79 Å². The van der Waals surface area contributed by atoms with E-state index in [1.165, 1.54) is 19.3 Å². The largest absolute Gasteiger partial charge is 0.395 e. The summed E-state index contributed by atoms with van der Waals surface area (Å²) in [6.45, 7) is 1.92. The lowest BCUT2D eigenvalue weighted by atomic mass is 9.80. The van der Waals surface area contributed by atoms with Crippen molar-refractivity contribution in [3.8, 4) is 0 Å². The number of ketones is 1. The molecule has 1 atom stereocenters. The van der Waals surface area contributed by atoms with E-state index in [-0.39, 0.29) is 12.4 Å². The van der Waals surface area contributed by atoms with Crippen LogP contribution >= 0.6 is 0 Å². The zero-order valence-corrected chi connectivity index (χ0v) is 8.51. The highest BCUT2D eigenvalue weighted by molar-refractivity contribution is 5.84. The number of hydrogen-bond acceptors (Lipinski definition) is 2. The van der Waals surface area contributed by atoms with Gasteiger partial charge in [-0.2, -0.15) is 0 Å². The number of rotatable bonds is 1. The molecule has 0 bridgehead atoms. The van der Waals surface area contributed by atoms with Crippen LogP contribution in [0.5, 0.6) is 0 Å². The Hall–Kier alpha value is -0.370. The lowest BCUT2D eigenvalue weighted by molar-refractivity contribution is -0.130. The van der Waals surface area contributed by atoms with Gasteiger partial charge in [0, 0.05) is 11.8 Å². The predicted molar refractivity (Wildman–Crippen MR) is 52.5 cm³/mol. The molecule has 1 aliphatic rings. The number of aliphatic hydroxyl groups excluding tert-OH is 1. The monoisotopic (exact) mass is 184 g/mol. The molecule has 0 heterocycles. The summed E-state index contributed by atoms with van der Waals surface area (Å²) in [6.07, 6.45) is 7.25. The summed E-state index contributed by atoms with van der Waals surface area (Å²) in [7, 11) is 0. The summed E-state index contributed by atoms with van der Waals surface area (Å²) in [5.74, 6) is 0.261. The zero-order chi connectivity index (χ0) is 9.73. The van der Waals surface area contributed by atoms with Crippen LogP contribution in [0.25, 0.3) is 0 Å². The van der Waals surface area contributed by atoms with Gasteiger partial charge in [-0.05, 0) is 12.8 Å². The Kier molecular flexibility index (Phi) is 3.91. The molecule has 1 rings (SSSR count). The Morgan fingerprint density at radius 3 is 2.54 bits per heavy atom. The summed E-state index contributed by atoms with van der Waals surface area (Å²) in [6, 6.07) is 0. The molecule has 1 N–H and O–H groups in total. The maximum atomic E-state index is 11.7. The Labute approximate surface area is 80.3 Å². The van der Waals surface area contributed by atoms with E-state index in [0.717, 1.165) is 19.3 Å². The molecule has 1 saturated carbocycles. The molecule has 76 valence electrons. The molecule has 13 heavy (non-hydrogen) atoms. The zero-order valence-electron chi connectivity index (χ0n) is 8.51. The maximum Gasteiger partial charge on any atom is 0.141 e. The molecule has 0 saturated heterocycles. The van der Waals surface area contributed by atoms with Crippen LogP contribution in [-0.2, 0) is 4.79 Å². The van der Waals surface area contributed by atoms with Gasteiger partial charge in [0.05, 0.1) is 6.61 Å². The smallest absolute Gasteiger partial charge is 0.141 e. The van der Waals surface area contributed by atoms with Crippen LogP contribution in [0.3, 0.4) is 0 Å². The topological polar surface area (TPSA) is 37.3 Å². The Morgan fingerprint density at radius 1 is 1.23 bits per heavy atom. The van der Waals surface area contributed by atoms with Crippen molar-refractivity contribution in [2.24, 2.45) is 5.41 Å². The van der Waals surface area contributed by atoms with E-state index >= 15 is 0 Å². The molecular weight excluding hydrogens is 164 g/mol. The van der Waals surface area contributed by atoms with Crippen LogP contribution in [0.2, 0.25) is 0 Å². The normalized spacial score (nSPS) is 32.0. The molecule has 0 unspecified atom stereocenters. The number of hydrogen-bond donors (Lipinski definition) is 1. The first-order valence-corrected chi connectivity index (χ1v) is 5.33. The van der Waals surface area contributed by atoms with E-state index in [0.29, 0.717) is 6.42 Å². The van der Waals surface area contributed by atoms with Gasteiger partial charge in [0.15, 0.2) is 0 Å². The molecule has 0 aromatic heterocycles. The van der Waals surface area contributed by atoms with Gasteiger partial charge in [0.2, 0.25) is 0 Å². The maximum absolute atomic E-state index is 11.7. The first-order valence-electron chi connectivity index (χ1n) is 5.33. The van der Waals surface area contributed by atoms with Crippen molar-refractivity contribution < 1.29 is 9.90 Å². The van der Waals surface area contributed by atoms with E-state index in [2.05, 4.69) is 0 Å². The van der Waals surface area contributed by atoms with Crippen molar-refractivity contribution in [1.82, 2.24) is 0 Å². The highest BCUT2D eigenvalue weighted by Crippen LogP contribution is 2.29. The number of carbonyl (C=O) groups excluding carboxylic acids is 1. The SMILES string of the molecule is C[C@@]1(CO)CCCCCCCC1=O. The third-order valence-corrected chi connectivity index (χ3v) is 3.15. The lowest BCUT2D eigenvalue weighted by Gasteiger charge is -2.24. The van der Waals surface area contributed by atoms with Crippen LogP contribution < -0.4 is 0 Å². The second-order valence-corrected chi connectivity index (χ2v) is 4.41. The second-order valence-electron chi connectivity index (χ2n) is 4.41. The minimum absolute atomic E-state index is 0.0197. The van der Waals surface area contributed by atoms with Crippen molar-refractivity contribution in [2.45, 2.75) is 51.9 Å². The minimum atomic E-state index is -0.440. The number of carbonyl (C=O) groups is 1. The molecule has 1 aliphatic carbocycles. The van der Waals surface area contributed by atoms with Gasteiger partial charge < -0.3 is 5.11 Å². The van der Waals surface area contributed by atoms with Crippen LogP contribution in [-0.4, -0.2) is 17.5 Å². The van der Waals surface area contributed by atoms with Gasteiger partial charge in [0.1, 0.15) is 5.78 Å². The average Bonchev–Trinajstić information content (AvgIpc) is 2.21. The fourth-order valence-electron chi connectivity index (χ4n) is 1.94. The van der Waals surface area contributed by atoms with E-state index in [4.69, 9.17) is 0 Å². The molecule has 0 amide bonds. The summed E-state index contributed by atoms with van der Waals surface area (Å²) in [5, 5.41) is 9.21. The third-order valence-electron chi connectivity index (χ3n) is 3.15. The molecule has 0 aromatic carbocycles. The van der Waals surface area contributed by atoms with Gasteiger partial charge in [-0.25, -0.2) is 0 Å². The van der Waals surface area contributed by atoms with Crippen molar-refractivity contribution >= 4 is 5.78 Å². The van der Waals surface area contributed by atoms with Crippen LogP contribution in [0, 0.1) is 5.41 Å². The van der Waals surface area contributed by atoms with E-state index < -0.39 is 5.41 Å². The highest BCUT2D eigenvalue weighted by atomic mass is 16.3. The fourth-order valence-corrected chi connectivity index (χ4v) is 1.94. The van der Waals surface area contributed by atoms with Crippen molar-refractivity contribution in [1.29, 1.82) is 0 Å². The number of Topliss-reactive ketones (excluding diaryl/α,β-unsaturated/α-hetero) is 1. The third kappa shape index (κ3) is 2.80. The number of aliphatic hydroxyl groups is 1. The van der Waals surface area contributed by atoms with Gasteiger partial charge in [-0.15, -0.1) is 0 Å². The van der Waals surface area contributed by atoms with Gasteiger partial charge in [0.25, 0.3) is 0 Å². The summed E-state index contributed by atoms with van der Waals surface area (Å²) in [5.41, 5.74) is -0.440. The van der Waals surface area contributed by atoms with E-state index in [1.807, 2.05) is 6.92 Å². The minimum Gasteiger partial charge on any atom is -0.395 e. The van der Waals surface area contributed by atoms with Gasteiger partial charge >= 0.3 is 0 Å². The predicted octanol–water partition coefficient (Wildman–Crippen LogP) is 2.30. The van der Waals surface area contributed by atoms with Crippen LogP contribution in [0.15, 0.2) is 0 Å². The quantitative estimate of drug-likeness (QED) is 0.679. The standard InChI is InChI=1S/C11H20O2/c1-11(9-12)8-6-4-2-3-5-7-10(11)13/h12H,2-9H2,1H3/t11-/m0/s1. The summed E-state index contributed by atoms with van der Waals surface area (Å²) in [4.78, 5) is 11.7. The molecule has 1 fully saturated rings. The first kappa shape index (κ1) is 10.7. The average molecular weight is 184 g/mol. The molecule has 0 aromatic rings. The van der Waals surface area contributed by atoms with Gasteiger partial charge in [-0.1, -0.05) is 32.6 Å². The lowest BCUT2D eigenvalue weighted by Crippen LogP contribution is -2.31. The molecule has 0 radical (unpaired) electrons. The molecule has 2 nitrogen and oxygen atoms in total. The summed E-state index contributed by atoms with van der Waals surface area (Å²) >= 11 is 0. The van der Waals surface area contributed by atoms with Crippen LogP contribution in [0.4, 0.5) is 0 Å². The molecular formula is C11H20O2. The first-order chi connectivity index (χ1) is 6.19. The molecule has 0 aliphatic heterocycles. The van der Waals surface area contributed by atoms with Crippen molar-refractivity contribution in [2.75, 3.05) is 6.61 Å². The highest BCUT2D eigenvalue weighted by Gasteiger charge is 2.31. The van der Waals surface area contributed by atoms with Crippen molar-refractivity contribution in [3.05, 3.63) is 0 Å². The molecule has 0 spiro atoms. The van der Waals surface area contributed by atoms with E-state index in [9.17, 15) is 9.90 Å². The Bertz CT molecular complexity index is 177. The van der Waals surface area contributed by atoms with E-state index in [1.54, 1.807) is 0 Å². The Balaban J connectivity index is 2.60. The Morgan fingerprint density at radius 2 is 1.85 bits per heavy atom. The fraction of sp³-hybridized carbons (Fsp3) is 0.909. The summed E-state index contributed by atoms with van der Waals surface area (Å²) < 4.78 is 0. The van der Waals surface area contributed by atoms with Crippen molar-refractivity contribution in [3.63, 3.8) is 0 Å². The molecule has 2 heteroatoms.